The number of aryl methyl sites for hydroxylation is 1. The maximum atomic E-state index is 10.6. The minimum atomic E-state index is -5.08. The Morgan fingerprint density at radius 1 is 1.23 bits per heavy atom. The van der Waals surface area contributed by atoms with E-state index < -0.39 is 12.1 Å². The lowest BCUT2D eigenvalue weighted by molar-refractivity contribution is -0.192. The molecule has 1 aliphatic rings. The maximum Gasteiger partial charge on any atom is 0.490 e. The topological polar surface area (TPSA) is 100 Å². The third kappa shape index (κ3) is 6.37. The molecule has 166 valence electrons. The van der Waals surface area contributed by atoms with Crippen molar-refractivity contribution in [3.8, 4) is 0 Å². The number of carbonyl (C=O) groups is 1. The van der Waals surface area contributed by atoms with E-state index in [1.165, 1.54) is 0 Å². The Balaban J connectivity index is 0.000000396. The van der Waals surface area contributed by atoms with E-state index >= 15 is 0 Å². The number of carboxylic acid groups (broad SMARTS) is 1. The molecule has 0 atom stereocenters. The molecule has 0 aromatic carbocycles. The number of alkyl halides is 3. The summed E-state index contributed by atoms with van der Waals surface area (Å²) in [7, 11) is 2.12. The lowest BCUT2D eigenvalue weighted by Gasteiger charge is -2.20. The van der Waals surface area contributed by atoms with Gasteiger partial charge in [-0.1, -0.05) is 0 Å². The molecule has 0 unspecified atom stereocenters. The molecule has 9 nitrogen and oxygen atoms in total. The Morgan fingerprint density at radius 3 is 2.37 bits per heavy atom. The van der Waals surface area contributed by atoms with Crippen LogP contribution in [-0.2, 0) is 24.4 Å². The standard InChI is InChI=1S/C16H25N7.C2HF3O2/c1-12(2)21(4)10-14-19-20-15-11-22(6-5-7-23(14)15)16-17-8-13(3)9-18-16;3-2(4,5)1(6)7/h8-9,12H,5-7,10-11H2,1-4H3;(H,6,7). The van der Waals surface area contributed by atoms with E-state index in [0.29, 0.717) is 12.6 Å². The van der Waals surface area contributed by atoms with Crippen LogP contribution in [-0.4, -0.2) is 66.5 Å². The minimum Gasteiger partial charge on any atom is -0.475 e. The molecule has 2 aromatic heterocycles. The molecule has 0 aliphatic carbocycles. The molecule has 1 N–H and O–H groups in total. The highest BCUT2D eigenvalue weighted by atomic mass is 19.4. The molecule has 12 heteroatoms. The number of halogens is 3. The van der Waals surface area contributed by atoms with Crippen LogP contribution in [0.2, 0.25) is 0 Å². The Kier molecular flexibility index (Phi) is 7.71. The number of hydrogen-bond acceptors (Lipinski definition) is 7. The Morgan fingerprint density at radius 2 is 1.83 bits per heavy atom. The number of rotatable bonds is 4. The zero-order chi connectivity index (χ0) is 22.5. The average Bonchev–Trinajstić information content (AvgIpc) is 2.90. The maximum absolute atomic E-state index is 10.6. The second-order valence-corrected chi connectivity index (χ2v) is 7.33. The summed E-state index contributed by atoms with van der Waals surface area (Å²) in [4.78, 5) is 22.2. The van der Waals surface area contributed by atoms with Gasteiger partial charge in [-0.2, -0.15) is 13.2 Å². The first-order valence-electron chi connectivity index (χ1n) is 9.44. The molecule has 3 rings (SSSR count). The highest BCUT2D eigenvalue weighted by molar-refractivity contribution is 5.73. The molecule has 0 saturated heterocycles. The summed E-state index contributed by atoms with van der Waals surface area (Å²) in [6.45, 7) is 9.80. The lowest BCUT2D eigenvalue weighted by Crippen LogP contribution is -2.27. The molecule has 30 heavy (non-hydrogen) atoms. The van der Waals surface area contributed by atoms with E-state index in [4.69, 9.17) is 9.90 Å². The number of carboxylic acids is 1. The van der Waals surface area contributed by atoms with Crippen LogP contribution in [0.15, 0.2) is 12.4 Å². The molecule has 0 spiro atoms. The summed E-state index contributed by atoms with van der Waals surface area (Å²) < 4.78 is 34.0. The summed E-state index contributed by atoms with van der Waals surface area (Å²) in [6, 6.07) is 0.492. The van der Waals surface area contributed by atoms with Crippen LogP contribution in [0, 0.1) is 6.92 Å². The van der Waals surface area contributed by atoms with Crippen molar-refractivity contribution < 1.29 is 23.1 Å². The van der Waals surface area contributed by atoms with Crippen molar-refractivity contribution in [1.29, 1.82) is 0 Å². The number of aliphatic carboxylic acids is 1. The van der Waals surface area contributed by atoms with Gasteiger partial charge in [0, 0.05) is 31.5 Å². The smallest absolute Gasteiger partial charge is 0.475 e. The van der Waals surface area contributed by atoms with Gasteiger partial charge in [0.25, 0.3) is 0 Å². The normalized spacial score (nSPS) is 14.2. The molecule has 1 aliphatic heterocycles. The fourth-order valence-electron chi connectivity index (χ4n) is 2.66. The molecule has 2 aromatic rings. The molecule has 0 saturated carbocycles. The van der Waals surface area contributed by atoms with Crippen LogP contribution in [0.4, 0.5) is 19.1 Å². The predicted octanol–water partition coefficient (Wildman–Crippen LogP) is 2.26. The monoisotopic (exact) mass is 429 g/mol. The second-order valence-electron chi connectivity index (χ2n) is 7.33. The number of anilines is 1. The highest BCUT2D eigenvalue weighted by Crippen LogP contribution is 2.18. The van der Waals surface area contributed by atoms with Crippen LogP contribution in [0.5, 0.6) is 0 Å². The Hall–Kier alpha value is -2.76. The molecular formula is C18H26F3N7O2. The third-order valence-corrected chi connectivity index (χ3v) is 4.61. The van der Waals surface area contributed by atoms with Crippen LogP contribution < -0.4 is 4.90 Å². The van der Waals surface area contributed by atoms with E-state index in [1.54, 1.807) is 0 Å². The van der Waals surface area contributed by atoms with Crippen molar-refractivity contribution >= 4 is 11.9 Å². The number of aromatic nitrogens is 5. The van der Waals surface area contributed by atoms with E-state index in [2.05, 4.69) is 55.4 Å². The van der Waals surface area contributed by atoms with Crippen molar-refractivity contribution in [3.05, 3.63) is 29.6 Å². The largest absolute Gasteiger partial charge is 0.490 e. The van der Waals surface area contributed by atoms with Crippen LogP contribution in [0.25, 0.3) is 0 Å². The van der Waals surface area contributed by atoms with Gasteiger partial charge >= 0.3 is 12.1 Å². The summed E-state index contributed by atoms with van der Waals surface area (Å²) in [5.41, 5.74) is 1.07. The minimum absolute atomic E-state index is 0.492. The third-order valence-electron chi connectivity index (χ3n) is 4.61. The van der Waals surface area contributed by atoms with Gasteiger partial charge in [0.1, 0.15) is 5.82 Å². The SMILES string of the molecule is Cc1cnc(N2CCCn3c(nnc3CN(C)C(C)C)C2)nc1.O=C(O)C(F)(F)F. The molecule has 3 heterocycles. The first-order valence-corrected chi connectivity index (χ1v) is 9.44. The van der Waals surface area contributed by atoms with Gasteiger partial charge in [0.2, 0.25) is 5.95 Å². The predicted molar refractivity (Wildman–Crippen MR) is 103 cm³/mol. The zero-order valence-electron chi connectivity index (χ0n) is 17.4. The van der Waals surface area contributed by atoms with Gasteiger partial charge in [-0.3, -0.25) is 4.90 Å². The zero-order valence-corrected chi connectivity index (χ0v) is 17.4. The van der Waals surface area contributed by atoms with Gasteiger partial charge in [0.15, 0.2) is 5.82 Å². The van der Waals surface area contributed by atoms with Crippen LogP contribution >= 0.6 is 0 Å². The fourth-order valence-corrected chi connectivity index (χ4v) is 2.66. The first-order chi connectivity index (χ1) is 14.0. The van der Waals surface area contributed by atoms with E-state index in [9.17, 15) is 13.2 Å². The van der Waals surface area contributed by atoms with Crippen molar-refractivity contribution in [2.75, 3.05) is 18.5 Å². The lowest BCUT2D eigenvalue weighted by atomic mass is 10.3. The van der Waals surface area contributed by atoms with Crippen molar-refractivity contribution in [2.45, 2.75) is 59.0 Å². The van der Waals surface area contributed by atoms with Gasteiger partial charge in [-0.15, -0.1) is 10.2 Å². The van der Waals surface area contributed by atoms with Gasteiger partial charge in [-0.05, 0) is 39.8 Å². The first kappa shape index (κ1) is 23.5. The highest BCUT2D eigenvalue weighted by Gasteiger charge is 2.38. The molecule has 0 amide bonds. The van der Waals surface area contributed by atoms with E-state index in [0.717, 1.165) is 49.2 Å². The molecule has 0 bridgehead atoms. The summed E-state index contributed by atoms with van der Waals surface area (Å²) in [5, 5.41) is 15.9. The number of fused-ring (bicyclic) bond motifs is 1. The average molecular weight is 429 g/mol. The quantitative estimate of drug-likeness (QED) is 0.790. The van der Waals surface area contributed by atoms with Crippen molar-refractivity contribution in [2.24, 2.45) is 0 Å². The van der Waals surface area contributed by atoms with Crippen LogP contribution in [0.3, 0.4) is 0 Å². The number of hydrogen-bond donors (Lipinski definition) is 1. The Bertz CT molecular complexity index is 837. The van der Waals surface area contributed by atoms with E-state index in [-0.39, 0.29) is 0 Å². The Labute approximate surface area is 172 Å². The van der Waals surface area contributed by atoms with Gasteiger partial charge < -0.3 is 14.6 Å². The molecule has 0 fully saturated rings. The summed E-state index contributed by atoms with van der Waals surface area (Å²) >= 11 is 0. The van der Waals surface area contributed by atoms with Crippen LogP contribution in [0.1, 0.15) is 37.5 Å². The van der Waals surface area contributed by atoms with Gasteiger partial charge in [0.05, 0.1) is 13.1 Å². The summed E-state index contributed by atoms with van der Waals surface area (Å²) in [6.07, 6.45) is -0.317. The van der Waals surface area contributed by atoms with Crippen molar-refractivity contribution in [3.63, 3.8) is 0 Å². The number of nitrogens with zero attached hydrogens (tertiary/aromatic N) is 7. The molecule has 0 radical (unpaired) electrons. The van der Waals surface area contributed by atoms with Crippen molar-refractivity contribution in [1.82, 2.24) is 29.6 Å². The molecular weight excluding hydrogens is 403 g/mol. The van der Waals surface area contributed by atoms with Gasteiger partial charge in [-0.25, -0.2) is 14.8 Å². The second kappa shape index (κ2) is 9.83. The fraction of sp³-hybridized carbons (Fsp3) is 0.611. The summed E-state index contributed by atoms with van der Waals surface area (Å²) in [5.74, 6) is 0.0575. The van der Waals surface area contributed by atoms with E-state index in [1.807, 2.05) is 19.3 Å².